The van der Waals surface area contributed by atoms with Gasteiger partial charge in [-0.15, -0.1) is 0 Å². The SMILES string of the molecule is COc1c(C(Nc2ccccn2)c2cccc(Cl)c2Cl)ccc2cccnc12. The fraction of sp³-hybridized carbons (Fsp3) is 0.0909. The monoisotopic (exact) mass is 409 g/mol. The van der Waals surface area contributed by atoms with Crippen LogP contribution in [0.15, 0.2) is 73.1 Å². The van der Waals surface area contributed by atoms with E-state index in [0.717, 1.165) is 22.0 Å². The number of aromatic nitrogens is 2. The number of halogens is 2. The zero-order chi connectivity index (χ0) is 19.5. The molecule has 1 atom stereocenters. The second-order valence-electron chi connectivity index (χ2n) is 6.20. The van der Waals surface area contributed by atoms with E-state index in [1.165, 1.54) is 0 Å². The Hall–Kier alpha value is -2.82. The van der Waals surface area contributed by atoms with Gasteiger partial charge in [0.1, 0.15) is 11.3 Å². The predicted octanol–water partition coefficient (Wildman–Crippen LogP) is 6.15. The van der Waals surface area contributed by atoms with Crippen molar-refractivity contribution in [3.05, 3.63) is 94.2 Å². The molecule has 6 heteroatoms. The predicted molar refractivity (Wildman–Crippen MR) is 114 cm³/mol. The molecule has 0 spiro atoms. The quantitative estimate of drug-likeness (QED) is 0.429. The van der Waals surface area contributed by atoms with Gasteiger partial charge in [0.2, 0.25) is 0 Å². The molecule has 4 nitrogen and oxygen atoms in total. The van der Waals surface area contributed by atoms with Gasteiger partial charge < -0.3 is 10.1 Å². The summed E-state index contributed by atoms with van der Waals surface area (Å²) in [4.78, 5) is 8.90. The summed E-state index contributed by atoms with van der Waals surface area (Å²) in [6.07, 6.45) is 3.49. The van der Waals surface area contributed by atoms with Crippen molar-refractivity contribution in [3.8, 4) is 5.75 Å². The van der Waals surface area contributed by atoms with Gasteiger partial charge in [-0.05, 0) is 29.8 Å². The highest BCUT2D eigenvalue weighted by molar-refractivity contribution is 6.42. The van der Waals surface area contributed by atoms with E-state index in [4.69, 9.17) is 27.9 Å². The van der Waals surface area contributed by atoms with Crippen LogP contribution < -0.4 is 10.1 Å². The summed E-state index contributed by atoms with van der Waals surface area (Å²) in [5.74, 6) is 1.40. The molecule has 2 aromatic carbocycles. The number of pyridine rings is 2. The van der Waals surface area contributed by atoms with E-state index in [9.17, 15) is 0 Å². The van der Waals surface area contributed by atoms with Gasteiger partial charge >= 0.3 is 0 Å². The van der Waals surface area contributed by atoms with E-state index in [-0.39, 0.29) is 6.04 Å². The Morgan fingerprint density at radius 1 is 0.857 bits per heavy atom. The maximum absolute atomic E-state index is 6.57. The number of fused-ring (bicyclic) bond motifs is 1. The Morgan fingerprint density at radius 2 is 1.71 bits per heavy atom. The molecule has 0 aliphatic carbocycles. The van der Waals surface area contributed by atoms with Crippen molar-refractivity contribution in [2.24, 2.45) is 0 Å². The summed E-state index contributed by atoms with van der Waals surface area (Å²) in [5, 5.41) is 5.43. The number of nitrogens with zero attached hydrogens (tertiary/aromatic N) is 2. The average molecular weight is 410 g/mol. The fourth-order valence-electron chi connectivity index (χ4n) is 3.24. The second kappa shape index (κ2) is 8.05. The van der Waals surface area contributed by atoms with Crippen LogP contribution in [0.4, 0.5) is 5.82 Å². The minimum atomic E-state index is -0.331. The number of methoxy groups -OCH3 is 1. The van der Waals surface area contributed by atoms with Crippen LogP contribution in [0.2, 0.25) is 10.0 Å². The smallest absolute Gasteiger partial charge is 0.150 e. The first-order valence-electron chi connectivity index (χ1n) is 8.72. The maximum atomic E-state index is 6.57. The van der Waals surface area contributed by atoms with E-state index in [2.05, 4.69) is 15.3 Å². The molecule has 0 bridgehead atoms. The standard InChI is InChI=1S/C22H17Cl2N3O/c1-28-22-16(11-10-14-6-5-13-26-20(14)22)21(27-18-9-2-3-12-25-18)15-7-4-8-17(23)19(15)24/h2-13,21H,1H3,(H,25,27). The minimum absolute atomic E-state index is 0.331. The van der Waals surface area contributed by atoms with Crippen LogP contribution in [-0.4, -0.2) is 17.1 Å². The molecule has 1 N–H and O–H groups in total. The normalized spacial score (nSPS) is 12.0. The summed E-state index contributed by atoms with van der Waals surface area (Å²) >= 11 is 12.9. The lowest BCUT2D eigenvalue weighted by atomic mass is 9.96. The first-order valence-corrected chi connectivity index (χ1v) is 9.47. The van der Waals surface area contributed by atoms with Crippen molar-refractivity contribution in [1.82, 2.24) is 9.97 Å². The molecule has 2 heterocycles. The molecule has 1 unspecified atom stereocenters. The summed E-state index contributed by atoms with van der Waals surface area (Å²) in [7, 11) is 1.64. The first-order chi connectivity index (χ1) is 13.7. The molecule has 4 rings (SSSR count). The number of hydrogen-bond donors (Lipinski definition) is 1. The van der Waals surface area contributed by atoms with Gasteiger partial charge in [-0.3, -0.25) is 4.98 Å². The van der Waals surface area contributed by atoms with Crippen molar-refractivity contribution in [2.75, 3.05) is 12.4 Å². The molecule has 0 amide bonds. The third kappa shape index (κ3) is 3.49. The van der Waals surface area contributed by atoms with Gasteiger partial charge in [-0.25, -0.2) is 4.98 Å². The largest absolute Gasteiger partial charge is 0.494 e. The zero-order valence-corrected chi connectivity index (χ0v) is 16.6. The molecule has 2 aromatic heterocycles. The van der Waals surface area contributed by atoms with Crippen LogP contribution in [-0.2, 0) is 0 Å². The molecule has 0 fully saturated rings. The lowest BCUT2D eigenvalue weighted by Crippen LogP contribution is -2.15. The molecule has 0 saturated carbocycles. The van der Waals surface area contributed by atoms with E-state index >= 15 is 0 Å². The molecule has 140 valence electrons. The lowest BCUT2D eigenvalue weighted by Gasteiger charge is -2.24. The van der Waals surface area contributed by atoms with Gasteiger partial charge in [-0.2, -0.15) is 0 Å². The van der Waals surface area contributed by atoms with E-state index < -0.39 is 0 Å². The summed E-state index contributed by atoms with van der Waals surface area (Å²) in [6.45, 7) is 0. The number of anilines is 1. The highest BCUT2D eigenvalue weighted by Gasteiger charge is 2.24. The van der Waals surface area contributed by atoms with Crippen LogP contribution in [0, 0.1) is 0 Å². The van der Waals surface area contributed by atoms with Gasteiger partial charge in [0.15, 0.2) is 5.75 Å². The van der Waals surface area contributed by atoms with Crippen molar-refractivity contribution in [2.45, 2.75) is 6.04 Å². The third-order valence-electron chi connectivity index (χ3n) is 4.52. The molecule has 0 radical (unpaired) electrons. The van der Waals surface area contributed by atoms with E-state index in [0.29, 0.717) is 21.6 Å². The Bertz CT molecular complexity index is 1120. The summed E-state index contributed by atoms with van der Waals surface area (Å²) in [6, 6.07) is 18.9. The van der Waals surface area contributed by atoms with Gasteiger partial charge in [0.05, 0.1) is 23.2 Å². The molecule has 0 aliphatic rings. The zero-order valence-electron chi connectivity index (χ0n) is 15.1. The highest BCUT2D eigenvalue weighted by Crippen LogP contribution is 2.40. The van der Waals surface area contributed by atoms with Crippen LogP contribution in [0.3, 0.4) is 0 Å². The molecular weight excluding hydrogens is 393 g/mol. The Morgan fingerprint density at radius 3 is 2.50 bits per heavy atom. The highest BCUT2D eigenvalue weighted by atomic mass is 35.5. The molecule has 0 aliphatic heterocycles. The number of ether oxygens (including phenoxy) is 1. The average Bonchev–Trinajstić information content (AvgIpc) is 2.74. The lowest BCUT2D eigenvalue weighted by molar-refractivity contribution is 0.413. The number of hydrogen-bond acceptors (Lipinski definition) is 4. The van der Waals surface area contributed by atoms with Gasteiger partial charge in [0.25, 0.3) is 0 Å². The molecule has 28 heavy (non-hydrogen) atoms. The van der Waals surface area contributed by atoms with Crippen LogP contribution in [0.1, 0.15) is 17.2 Å². The van der Waals surface area contributed by atoms with Gasteiger partial charge in [-0.1, -0.05) is 59.6 Å². The van der Waals surface area contributed by atoms with Crippen LogP contribution in [0.5, 0.6) is 5.75 Å². The van der Waals surface area contributed by atoms with E-state index in [1.807, 2.05) is 54.6 Å². The van der Waals surface area contributed by atoms with Crippen molar-refractivity contribution in [3.63, 3.8) is 0 Å². The maximum Gasteiger partial charge on any atom is 0.150 e. The fourth-order valence-corrected chi connectivity index (χ4v) is 3.66. The van der Waals surface area contributed by atoms with Crippen molar-refractivity contribution in [1.29, 1.82) is 0 Å². The topological polar surface area (TPSA) is 47.0 Å². The van der Waals surface area contributed by atoms with Gasteiger partial charge in [0, 0.05) is 23.3 Å². The van der Waals surface area contributed by atoms with E-state index in [1.54, 1.807) is 25.6 Å². The minimum Gasteiger partial charge on any atom is -0.494 e. The van der Waals surface area contributed by atoms with Crippen molar-refractivity contribution < 1.29 is 4.74 Å². The van der Waals surface area contributed by atoms with Crippen LogP contribution >= 0.6 is 23.2 Å². The Balaban J connectivity index is 1.93. The molecule has 0 saturated heterocycles. The Kier molecular flexibility index (Phi) is 5.33. The first kappa shape index (κ1) is 18.5. The Labute approximate surface area is 173 Å². The number of rotatable bonds is 5. The third-order valence-corrected chi connectivity index (χ3v) is 5.36. The summed E-state index contributed by atoms with van der Waals surface area (Å²) in [5.41, 5.74) is 2.50. The van der Waals surface area contributed by atoms with Crippen molar-refractivity contribution >= 4 is 39.9 Å². The molecule has 4 aromatic rings. The number of nitrogens with one attached hydrogen (secondary N) is 1. The number of benzene rings is 2. The molecular formula is C22H17Cl2N3O. The summed E-state index contributed by atoms with van der Waals surface area (Å²) < 4.78 is 5.77. The second-order valence-corrected chi connectivity index (χ2v) is 6.98. The van der Waals surface area contributed by atoms with Crippen LogP contribution in [0.25, 0.3) is 10.9 Å².